The molecule has 0 aliphatic carbocycles. The number of benzene rings is 1. The molecule has 0 bridgehead atoms. The van der Waals surface area contributed by atoms with Gasteiger partial charge in [-0.25, -0.2) is 0 Å². The van der Waals surface area contributed by atoms with Crippen molar-refractivity contribution in [2.75, 3.05) is 79.0 Å². The predicted octanol–water partition coefficient (Wildman–Crippen LogP) is 3.61. The number of anilines is 1. The van der Waals surface area contributed by atoms with Crippen molar-refractivity contribution in [3.8, 4) is 11.5 Å². The van der Waals surface area contributed by atoms with Crippen LogP contribution >= 0.6 is 0 Å². The van der Waals surface area contributed by atoms with Gasteiger partial charge in [0.15, 0.2) is 11.5 Å². The van der Waals surface area contributed by atoms with E-state index in [1.807, 2.05) is 39.0 Å². The number of methoxy groups -OCH3 is 2. The van der Waals surface area contributed by atoms with Gasteiger partial charge in [-0.05, 0) is 39.3 Å². The normalized spacial score (nSPS) is 11.5. The number of hydrogen-bond acceptors (Lipinski definition) is 8. The second-order valence-electron chi connectivity index (χ2n) is 6.82. The van der Waals surface area contributed by atoms with Gasteiger partial charge < -0.3 is 37.1 Å². The van der Waals surface area contributed by atoms with Crippen molar-refractivity contribution >= 4 is 14.5 Å². The van der Waals surface area contributed by atoms with E-state index in [4.69, 9.17) is 32.2 Å². The van der Waals surface area contributed by atoms with Crippen molar-refractivity contribution < 1.29 is 32.2 Å². The van der Waals surface area contributed by atoms with Crippen LogP contribution < -0.4 is 14.4 Å². The van der Waals surface area contributed by atoms with Gasteiger partial charge in [-0.15, -0.1) is 0 Å². The van der Waals surface area contributed by atoms with E-state index in [1.54, 1.807) is 14.2 Å². The van der Waals surface area contributed by atoms with Gasteiger partial charge in [0.25, 0.3) is 0 Å². The van der Waals surface area contributed by atoms with Crippen LogP contribution in [-0.2, 0) is 22.8 Å². The van der Waals surface area contributed by atoms with E-state index in [0.717, 1.165) is 24.7 Å². The maximum Gasteiger partial charge on any atom is 0.500 e. The molecular formula is C22H41NO7Si. The largest absolute Gasteiger partial charge is 0.500 e. The standard InChI is InChI=1S/C22H41NO7Si/c1-7-28-31(29-8-2,30-9-3)18-10-13-23(4)20-11-12-21(26-16-14-24-5)22(19-20)27-17-15-25-6/h11-12,19H,7-10,13-18H2,1-6H3. The van der Waals surface area contributed by atoms with E-state index in [2.05, 4.69) is 11.9 Å². The summed E-state index contributed by atoms with van der Waals surface area (Å²) in [7, 11) is 2.74. The summed E-state index contributed by atoms with van der Waals surface area (Å²) in [6.45, 7) is 10.5. The fraction of sp³-hybridized carbons (Fsp3) is 0.727. The van der Waals surface area contributed by atoms with Gasteiger partial charge in [-0.1, -0.05) is 0 Å². The molecule has 1 aromatic rings. The lowest BCUT2D eigenvalue weighted by atomic mass is 10.2. The van der Waals surface area contributed by atoms with Crippen LogP contribution in [0.2, 0.25) is 6.04 Å². The lowest BCUT2D eigenvalue weighted by Crippen LogP contribution is -2.46. The average Bonchev–Trinajstić information content (AvgIpc) is 2.75. The highest BCUT2D eigenvalue weighted by Crippen LogP contribution is 2.32. The SMILES string of the molecule is CCO[Si](CCCN(C)c1ccc(OCCOC)c(OCCOC)c1)(OCC)OCC. The van der Waals surface area contributed by atoms with Crippen LogP contribution in [0.25, 0.3) is 0 Å². The maximum absolute atomic E-state index is 5.95. The smallest absolute Gasteiger partial charge is 0.487 e. The molecule has 0 heterocycles. The third-order valence-corrected chi connectivity index (χ3v) is 7.68. The zero-order valence-electron chi connectivity index (χ0n) is 20.1. The van der Waals surface area contributed by atoms with E-state index < -0.39 is 8.80 Å². The van der Waals surface area contributed by atoms with Crippen LogP contribution in [0.15, 0.2) is 18.2 Å². The lowest BCUT2D eigenvalue weighted by molar-refractivity contribution is 0.0710. The predicted molar refractivity (Wildman–Crippen MR) is 125 cm³/mol. The van der Waals surface area contributed by atoms with Gasteiger partial charge in [0.05, 0.1) is 13.2 Å². The van der Waals surface area contributed by atoms with Crippen molar-refractivity contribution in [2.24, 2.45) is 0 Å². The Labute approximate surface area is 189 Å². The number of hydrogen-bond donors (Lipinski definition) is 0. The number of nitrogens with zero attached hydrogens (tertiary/aromatic N) is 1. The minimum atomic E-state index is -2.62. The molecule has 8 nitrogen and oxygen atoms in total. The highest BCUT2D eigenvalue weighted by Gasteiger charge is 2.39. The van der Waals surface area contributed by atoms with E-state index in [1.165, 1.54) is 0 Å². The molecule has 0 radical (unpaired) electrons. The molecule has 0 saturated heterocycles. The Bertz CT molecular complexity index is 574. The number of ether oxygens (including phenoxy) is 4. The Kier molecular flexibility index (Phi) is 14.5. The van der Waals surface area contributed by atoms with Crippen LogP contribution in [0, 0.1) is 0 Å². The third kappa shape index (κ3) is 10.2. The van der Waals surface area contributed by atoms with Gasteiger partial charge in [-0.2, -0.15) is 0 Å². The Morgan fingerprint density at radius 3 is 1.84 bits per heavy atom. The summed E-state index contributed by atoms with van der Waals surface area (Å²) in [5, 5.41) is 0. The highest BCUT2D eigenvalue weighted by atomic mass is 28.4. The van der Waals surface area contributed by atoms with Gasteiger partial charge in [0.1, 0.15) is 13.2 Å². The zero-order chi connectivity index (χ0) is 23.0. The topological polar surface area (TPSA) is 67.9 Å². The highest BCUT2D eigenvalue weighted by molar-refractivity contribution is 6.60. The molecule has 180 valence electrons. The second kappa shape index (κ2) is 16.3. The molecule has 31 heavy (non-hydrogen) atoms. The summed E-state index contributed by atoms with van der Waals surface area (Å²) in [4.78, 5) is 2.19. The van der Waals surface area contributed by atoms with Gasteiger partial charge in [-0.3, -0.25) is 0 Å². The minimum Gasteiger partial charge on any atom is -0.487 e. The molecule has 0 N–H and O–H groups in total. The molecule has 0 unspecified atom stereocenters. The molecular weight excluding hydrogens is 418 g/mol. The third-order valence-electron chi connectivity index (χ3n) is 4.53. The molecule has 0 atom stereocenters. The average molecular weight is 460 g/mol. The molecule has 0 saturated carbocycles. The first-order valence-electron chi connectivity index (χ1n) is 11.1. The summed E-state index contributed by atoms with van der Waals surface area (Å²) < 4.78 is 39.7. The molecule has 0 amide bonds. The van der Waals surface area contributed by atoms with Crippen LogP contribution in [0.5, 0.6) is 11.5 Å². The summed E-state index contributed by atoms with van der Waals surface area (Å²) in [6, 6.07) is 6.74. The molecule has 0 spiro atoms. The fourth-order valence-corrected chi connectivity index (χ4v) is 5.69. The monoisotopic (exact) mass is 459 g/mol. The van der Waals surface area contributed by atoms with Crippen molar-refractivity contribution in [2.45, 2.75) is 33.2 Å². The Morgan fingerprint density at radius 2 is 1.32 bits per heavy atom. The van der Waals surface area contributed by atoms with Crippen molar-refractivity contribution in [1.82, 2.24) is 0 Å². The quantitative estimate of drug-likeness (QED) is 0.230. The van der Waals surface area contributed by atoms with Crippen LogP contribution in [0.3, 0.4) is 0 Å². The Hall–Kier alpha value is -1.36. The Morgan fingerprint density at radius 1 is 0.774 bits per heavy atom. The molecule has 1 aromatic carbocycles. The van der Waals surface area contributed by atoms with Gasteiger partial charge >= 0.3 is 8.80 Å². The molecule has 0 fully saturated rings. The van der Waals surface area contributed by atoms with Gasteiger partial charge in [0, 0.05) is 65.4 Å². The van der Waals surface area contributed by atoms with E-state index in [9.17, 15) is 0 Å². The van der Waals surface area contributed by atoms with Crippen LogP contribution in [-0.4, -0.2) is 82.9 Å². The van der Waals surface area contributed by atoms with Crippen LogP contribution in [0.1, 0.15) is 27.2 Å². The molecule has 1 rings (SSSR count). The lowest BCUT2D eigenvalue weighted by Gasteiger charge is -2.29. The molecule has 0 aliphatic heterocycles. The minimum absolute atomic E-state index is 0.454. The first-order chi connectivity index (χ1) is 15.1. The van der Waals surface area contributed by atoms with E-state index in [0.29, 0.717) is 57.7 Å². The summed E-state index contributed by atoms with van der Waals surface area (Å²) in [6.07, 6.45) is 0.897. The van der Waals surface area contributed by atoms with Gasteiger partial charge in [0.2, 0.25) is 0 Å². The Balaban J connectivity index is 2.79. The van der Waals surface area contributed by atoms with Crippen LogP contribution in [0.4, 0.5) is 5.69 Å². The summed E-state index contributed by atoms with van der Waals surface area (Å²) in [5.41, 5.74) is 1.04. The van der Waals surface area contributed by atoms with Crippen molar-refractivity contribution in [1.29, 1.82) is 0 Å². The fourth-order valence-electron chi connectivity index (χ4n) is 3.10. The molecule has 0 aliphatic rings. The zero-order valence-corrected chi connectivity index (χ0v) is 21.1. The summed E-state index contributed by atoms with van der Waals surface area (Å²) in [5.74, 6) is 1.39. The summed E-state index contributed by atoms with van der Waals surface area (Å²) >= 11 is 0. The second-order valence-corrected chi connectivity index (χ2v) is 9.55. The first kappa shape index (κ1) is 27.7. The molecule has 9 heteroatoms. The van der Waals surface area contributed by atoms with Crippen molar-refractivity contribution in [3.05, 3.63) is 18.2 Å². The van der Waals surface area contributed by atoms with E-state index in [-0.39, 0.29) is 0 Å². The number of rotatable bonds is 19. The van der Waals surface area contributed by atoms with E-state index >= 15 is 0 Å². The van der Waals surface area contributed by atoms with Crippen molar-refractivity contribution in [3.63, 3.8) is 0 Å². The first-order valence-corrected chi connectivity index (χ1v) is 13.0. The molecule has 0 aromatic heterocycles. The maximum atomic E-state index is 5.95.